The van der Waals surface area contributed by atoms with E-state index in [0.717, 1.165) is 29.8 Å². The van der Waals surface area contributed by atoms with Gasteiger partial charge in [-0.25, -0.2) is 4.79 Å². The van der Waals surface area contributed by atoms with Crippen LogP contribution in [-0.2, 0) is 14.3 Å². The molecule has 3 rings (SSSR count). The topological polar surface area (TPSA) is 77.4 Å². The molecule has 6 nitrogen and oxygen atoms in total. The third kappa shape index (κ3) is 4.57. The Morgan fingerprint density at radius 3 is 2.46 bits per heavy atom. The fourth-order valence-electron chi connectivity index (χ4n) is 3.29. The van der Waals surface area contributed by atoms with Crippen molar-refractivity contribution in [3.05, 3.63) is 64.6 Å². The Hall–Kier alpha value is -3.15. The molecule has 0 saturated heterocycles. The molecule has 0 aliphatic heterocycles. The highest BCUT2D eigenvalue weighted by atomic mass is 16.5. The molecule has 1 aliphatic rings. The maximum absolute atomic E-state index is 12.6. The summed E-state index contributed by atoms with van der Waals surface area (Å²) in [6.07, 6.45) is 3.78. The van der Waals surface area contributed by atoms with Gasteiger partial charge in [-0.05, 0) is 44.4 Å². The van der Waals surface area contributed by atoms with E-state index in [0.29, 0.717) is 11.6 Å². The average Bonchev–Trinajstić information content (AvgIpc) is 3.44. The van der Waals surface area contributed by atoms with E-state index in [1.54, 1.807) is 12.1 Å². The lowest BCUT2D eigenvalue weighted by Gasteiger charge is -2.10. The number of aromatic nitrogens is 1. The summed E-state index contributed by atoms with van der Waals surface area (Å²) in [5.74, 6) is -1.39. The number of nitrogens with zero attached hydrogens (tertiary/aromatic N) is 1. The minimum Gasteiger partial charge on any atom is -0.453 e. The van der Waals surface area contributed by atoms with Gasteiger partial charge in [0.2, 0.25) is 11.7 Å². The van der Waals surface area contributed by atoms with E-state index in [1.165, 1.54) is 13.0 Å². The Kier molecular flexibility index (Phi) is 5.78. The molecule has 1 aromatic carbocycles. The van der Waals surface area contributed by atoms with Crippen LogP contribution in [-0.4, -0.2) is 28.8 Å². The molecule has 1 aliphatic carbocycles. The van der Waals surface area contributed by atoms with Crippen LogP contribution in [0.3, 0.4) is 0 Å². The van der Waals surface area contributed by atoms with Gasteiger partial charge in [-0.1, -0.05) is 30.3 Å². The molecular formula is C22H24N2O4. The highest BCUT2D eigenvalue weighted by Crippen LogP contribution is 2.38. The van der Waals surface area contributed by atoms with Crippen molar-refractivity contribution in [3.63, 3.8) is 0 Å². The minimum atomic E-state index is -0.747. The van der Waals surface area contributed by atoms with Crippen LogP contribution in [0.1, 0.15) is 53.1 Å². The number of amides is 1. The number of Topliss-reactive ketones (excluding diaryl/α,β-unsaturated/α-hetero) is 1. The largest absolute Gasteiger partial charge is 0.453 e. The quantitative estimate of drug-likeness (QED) is 0.454. The molecular weight excluding hydrogens is 356 g/mol. The molecule has 0 bridgehead atoms. The van der Waals surface area contributed by atoms with Crippen molar-refractivity contribution in [1.82, 2.24) is 9.88 Å². The van der Waals surface area contributed by atoms with Gasteiger partial charge in [0, 0.05) is 29.9 Å². The molecule has 2 aromatic rings. The summed E-state index contributed by atoms with van der Waals surface area (Å²) < 4.78 is 7.37. The number of carbonyl (C=O) groups excluding carboxylic acids is 3. The van der Waals surface area contributed by atoms with E-state index in [9.17, 15) is 14.4 Å². The first-order valence-electron chi connectivity index (χ1n) is 9.30. The van der Waals surface area contributed by atoms with Crippen LogP contribution in [0.15, 0.2) is 42.1 Å². The van der Waals surface area contributed by atoms with Gasteiger partial charge in [-0.3, -0.25) is 9.59 Å². The number of carbonyl (C=O) groups is 3. The average molecular weight is 380 g/mol. The van der Waals surface area contributed by atoms with Gasteiger partial charge in [0.05, 0.1) is 0 Å². The van der Waals surface area contributed by atoms with Gasteiger partial charge in [-0.2, -0.15) is 0 Å². The number of esters is 1. The summed E-state index contributed by atoms with van der Waals surface area (Å²) in [6.45, 7) is 4.83. The lowest BCUT2D eigenvalue weighted by atomic mass is 10.1. The molecule has 6 heteroatoms. The highest BCUT2D eigenvalue weighted by Gasteiger charge is 2.28. The SMILES string of the molecule is CC(=O)N/C(=C/c1ccccc1)C(=O)OCC(=O)c1cc(C)n(C2CC2)c1C. The number of benzene rings is 1. The highest BCUT2D eigenvalue weighted by molar-refractivity contribution is 6.02. The second-order valence-corrected chi connectivity index (χ2v) is 7.04. The summed E-state index contributed by atoms with van der Waals surface area (Å²) in [7, 11) is 0. The number of hydrogen-bond donors (Lipinski definition) is 1. The van der Waals surface area contributed by atoms with Crippen molar-refractivity contribution >= 4 is 23.7 Å². The molecule has 146 valence electrons. The van der Waals surface area contributed by atoms with Gasteiger partial charge in [0.15, 0.2) is 6.61 Å². The Balaban J connectivity index is 1.70. The van der Waals surface area contributed by atoms with Crippen LogP contribution in [0.2, 0.25) is 0 Å². The van der Waals surface area contributed by atoms with Crippen molar-refractivity contribution < 1.29 is 19.1 Å². The van der Waals surface area contributed by atoms with E-state index in [2.05, 4.69) is 9.88 Å². The molecule has 0 unspecified atom stereocenters. The van der Waals surface area contributed by atoms with Crippen LogP contribution in [0, 0.1) is 13.8 Å². The first kappa shape index (κ1) is 19.6. The Labute approximate surface area is 164 Å². The van der Waals surface area contributed by atoms with Crippen molar-refractivity contribution in [3.8, 4) is 0 Å². The van der Waals surface area contributed by atoms with E-state index < -0.39 is 11.9 Å². The Morgan fingerprint density at radius 1 is 1.18 bits per heavy atom. The molecule has 1 heterocycles. The summed E-state index contributed by atoms with van der Waals surface area (Å²) in [4.78, 5) is 36.4. The minimum absolute atomic E-state index is 0.00467. The summed E-state index contributed by atoms with van der Waals surface area (Å²) >= 11 is 0. The standard InChI is InChI=1S/C22H24N2O4/c1-14-11-19(15(2)24(14)18-9-10-18)21(26)13-28-22(27)20(23-16(3)25)12-17-7-5-4-6-8-17/h4-8,11-12,18H,9-10,13H2,1-3H3,(H,23,25)/b20-12+. The van der Waals surface area contributed by atoms with Crippen LogP contribution < -0.4 is 5.32 Å². The number of rotatable bonds is 7. The van der Waals surface area contributed by atoms with E-state index in [-0.39, 0.29) is 18.1 Å². The van der Waals surface area contributed by atoms with Gasteiger partial charge >= 0.3 is 5.97 Å². The predicted molar refractivity (Wildman–Crippen MR) is 106 cm³/mol. The number of nitrogens with one attached hydrogen (secondary N) is 1. The molecule has 0 atom stereocenters. The van der Waals surface area contributed by atoms with Crippen molar-refractivity contribution in [2.24, 2.45) is 0 Å². The number of aryl methyl sites for hydroxylation is 1. The zero-order valence-corrected chi connectivity index (χ0v) is 16.3. The third-order valence-corrected chi connectivity index (χ3v) is 4.67. The van der Waals surface area contributed by atoms with Gasteiger partial charge in [-0.15, -0.1) is 0 Å². The van der Waals surface area contributed by atoms with Crippen LogP contribution in [0.25, 0.3) is 6.08 Å². The van der Waals surface area contributed by atoms with Crippen LogP contribution >= 0.6 is 0 Å². The Bertz CT molecular complexity index is 937. The second-order valence-electron chi connectivity index (χ2n) is 7.04. The molecule has 0 spiro atoms. The smallest absolute Gasteiger partial charge is 0.355 e. The predicted octanol–water partition coefficient (Wildman–Crippen LogP) is 3.34. The van der Waals surface area contributed by atoms with Gasteiger partial charge < -0.3 is 14.6 Å². The lowest BCUT2D eigenvalue weighted by molar-refractivity contribution is -0.139. The molecule has 1 N–H and O–H groups in total. The summed E-state index contributed by atoms with van der Waals surface area (Å²) in [5.41, 5.74) is 3.25. The molecule has 1 fully saturated rings. The maximum atomic E-state index is 12.6. The third-order valence-electron chi connectivity index (χ3n) is 4.67. The first-order valence-corrected chi connectivity index (χ1v) is 9.30. The number of ketones is 1. The fraction of sp³-hybridized carbons (Fsp3) is 0.318. The van der Waals surface area contributed by atoms with E-state index in [1.807, 2.05) is 38.1 Å². The van der Waals surface area contributed by atoms with E-state index >= 15 is 0 Å². The summed E-state index contributed by atoms with van der Waals surface area (Å²) in [5, 5.41) is 2.47. The normalized spacial score (nSPS) is 13.9. The van der Waals surface area contributed by atoms with Crippen molar-refractivity contribution in [1.29, 1.82) is 0 Å². The van der Waals surface area contributed by atoms with E-state index in [4.69, 9.17) is 4.74 Å². The second kappa shape index (κ2) is 8.25. The molecule has 1 amide bonds. The first-order chi connectivity index (χ1) is 13.4. The van der Waals surface area contributed by atoms with Crippen LogP contribution in [0.5, 0.6) is 0 Å². The fourth-order valence-corrected chi connectivity index (χ4v) is 3.29. The Morgan fingerprint density at radius 2 is 1.86 bits per heavy atom. The van der Waals surface area contributed by atoms with Crippen LogP contribution in [0.4, 0.5) is 0 Å². The number of ether oxygens (including phenoxy) is 1. The van der Waals surface area contributed by atoms with Crippen molar-refractivity contribution in [2.45, 2.75) is 39.7 Å². The zero-order valence-electron chi connectivity index (χ0n) is 16.3. The van der Waals surface area contributed by atoms with Crippen molar-refractivity contribution in [2.75, 3.05) is 6.61 Å². The molecule has 28 heavy (non-hydrogen) atoms. The summed E-state index contributed by atoms with van der Waals surface area (Å²) in [6, 6.07) is 11.4. The lowest BCUT2D eigenvalue weighted by Crippen LogP contribution is -2.27. The maximum Gasteiger partial charge on any atom is 0.355 e. The molecule has 1 saturated carbocycles. The molecule has 0 radical (unpaired) electrons. The van der Waals surface area contributed by atoms with Gasteiger partial charge in [0.25, 0.3) is 0 Å². The van der Waals surface area contributed by atoms with Gasteiger partial charge in [0.1, 0.15) is 5.70 Å². The molecule has 1 aromatic heterocycles. The monoisotopic (exact) mass is 380 g/mol. The zero-order chi connectivity index (χ0) is 20.3. The number of hydrogen-bond acceptors (Lipinski definition) is 4.